The minimum Gasteiger partial charge on any atom is -0.466 e. The molecular weight excluding hydrogens is 424 g/mol. The van der Waals surface area contributed by atoms with Gasteiger partial charge in [0, 0.05) is 18.7 Å². The number of hydrogen-bond acceptors (Lipinski definition) is 4. The number of carbonyl (C=O) groups excluding carboxylic acids is 2. The second-order valence-corrected chi connectivity index (χ2v) is 8.78. The molecule has 5 nitrogen and oxygen atoms in total. The van der Waals surface area contributed by atoms with Crippen molar-refractivity contribution in [2.24, 2.45) is 5.92 Å². The van der Waals surface area contributed by atoms with Gasteiger partial charge in [-0.2, -0.15) is 0 Å². The van der Waals surface area contributed by atoms with Crippen molar-refractivity contribution in [3.05, 3.63) is 107 Å². The van der Waals surface area contributed by atoms with E-state index in [1.165, 1.54) is 11.1 Å². The number of rotatable bonds is 8. The minimum absolute atomic E-state index is 0.126. The van der Waals surface area contributed by atoms with Crippen molar-refractivity contribution < 1.29 is 14.3 Å². The van der Waals surface area contributed by atoms with Gasteiger partial charge in [-0.05, 0) is 55.0 Å². The number of ether oxygens (including phenoxy) is 1. The lowest BCUT2D eigenvalue weighted by molar-refractivity contribution is -0.150. The van der Waals surface area contributed by atoms with Gasteiger partial charge >= 0.3 is 5.97 Å². The van der Waals surface area contributed by atoms with Crippen LogP contribution in [0.1, 0.15) is 46.8 Å². The first kappa shape index (κ1) is 23.7. The summed E-state index contributed by atoms with van der Waals surface area (Å²) in [4.78, 5) is 27.8. The Balaban J connectivity index is 1.44. The van der Waals surface area contributed by atoms with Crippen LogP contribution in [0.5, 0.6) is 0 Å². The second-order valence-electron chi connectivity index (χ2n) is 8.78. The molecule has 1 aliphatic heterocycles. The van der Waals surface area contributed by atoms with E-state index in [-0.39, 0.29) is 24.0 Å². The van der Waals surface area contributed by atoms with Gasteiger partial charge in [0.15, 0.2) is 0 Å². The molecule has 3 aromatic rings. The molecule has 0 saturated carbocycles. The third-order valence-electron chi connectivity index (χ3n) is 6.33. The SMILES string of the molecule is CCOC(=O)C1CCN(Cc2ccccc2)C(NC(=O)c2ccc(Cc3ccccc3)cc2)C1. The third kappa shape index (κ3) is 6.33. The van der Waals surface area contributed by atoms with E-state index in [0.29, 0.717) is 18.6 Å². The van der Waals surface area contributed by atoms with Gasteiger partial charge in [0.2, 0.25) is 0 Å². The minimum atomic E-state index is -0.236. The topological polar surface area (TPSA) is 58.6 Å². The number of benzene rings is 3. The summed E-state index contributed by atoms with van der Waals surface area (Å²) in [5.41, 5.74) is 4.20. The maximum absolute atomic E-state index is 13.1. The maximum atomic E-state index is 13.1. The molecule has 1 fully saturated rings. The van der Waals surface area contributed by atoms with Gasteiger partial charge in [-0.3, -0.25) is 14.5 Å². The first-order valence-corrected chi connectivity index (χ1v) is 12.0. The fourth-order valence-corrected chi connectivity index (χ4v) is 4.49. The molecule has 176 valence electrons. The van der Waals surface area contributed by atoms with Crippen LogP contribution in [0, 0.1) is 5.92 Å². The van der Waals surface area contributed by atoms with Crippen LogP contribution in [-0.2, 0) is 22.5 Å². The molecule has 2 atom stereocenters. The van der Waals surface area contributed by atoms with Crippen LogP contribution in [0.4, 0.5) is 0 Å². The molecule has 34 heavy (non-hydrogen) atoms. The molecular formula is C29H32N2O3. The highest BCUT2D eigenvalue weighted by atomic mass is 16.5. The lowest BCUT2D eigenvalue weighted by Crippen LogP contribution is -2.53. The summed E-state index contributed by atoms with van der Waals surface area (Å²) in [6.07, 6.45) is 1.87. The molecule has 5 heteroatoms. The average molecular weight is 457 g/mol. The summed E-state index contributed by atoms with van der Waals surface area (Å²) in [5.74, 6) is -0.504. The molecule has 2 unspecified atom stereocenters. The summed E-state index contributed by atoms with van der Waals surface area (Å²) in [7, 11) is 0. The first-order valence-electron chi connectivity index (χ1n) is 12.0. The van der Waals surface area contributed by atoms with E-state index in [4.69, 9.17) is 4.74 Å². The van der Waals surface area contributed by atoms with Crippen LogP contribution in [0.25, 0.3) is 0 Å². The van der Waals surface area contributed by atoms with Gasteiger partial charge in [0.05, 0.1) is 18.7 Å². The number of piperidine rings is 1. The van der Waals surface area contributed by atoms with E-state index < -0.39 is 0 Å². The molecule has 0 spiro atoms. The van der Waals surface area contributed by atoms with Crippen molar-refractivity contribution in [3.63, 3.8) is 0 Å². The standard InChI is InChI=1S/C29H32N2O3/c1-2-34-29(33)26-17-18-31(21-24-11-7-4-8-12-24)27(20-26)30-28(32)25-15-13-23(14-16-25)19-22-9-5-3-6-10-22/h3-16,26-27H,2,17-21H2,1H3,(H,30,32). The largest absolute Gasteiger partial charge is 0.466 e. The van der Waals surface area contributed by atoms with Gasteiger partial charge in [-0.1, -0.05) is 72.8 Å². The van der Waals surface area contributed by atoms with E-state index in [0.717, 1.165) is 31.5 Å². The highest BCUT2D eigenvalue weighted by molar-refractivity contribution is 5.94. The Morgan fingerprint density at radius 3 is 2.15 bits per heavy atom. The van der Waals surface area contributed by atoms with Crippen molar-refractivity contribution >= 4 is 11.9 Å². The van der Waals surface area contributed by atoms with Crippen LogP contribution in [-0.4, -0.2) is 36.1 Å². The highest BCUT2D eigenvalue weighted by Gasteiger charge is 2.34. The van der Waals surface area contributed by atoms with E-state index in [9.17, 15) is 9.59 Å². The predicted octanol–water partition coefficient (Wildman–Crippen LogP) is 4.81. The molecule has 0 bridgehead atoms. The van der Waals surface area contributed by atoms with Crippen molar-refractivity contribution in [1.82, 2.24) is 10.2 Å². The Hall–Kier alpha value is -3.44. The van der Waals surface area contributed by atoms with Crippen LogP contribution >= 0.6 is 0 Å². The molecule has 1 aliphatic rings. The summed E-state index contributed by atoms with van der Waals surface area (Å²) in [6, 6.07) is 28.3. The predicted molar refractivity (Wildman–Crippen MR) is 133 cm³/mol. The second kappa shape index (κ2) is 11.6. The van der Waals surface area contributed by atoms with E-state index >= 15 is 0 Å². The Bertz CT molecular complexity index is 1070. The van der Waals surface area contributed by atoms with Crippen LogP contribution in [0.2, 0.25) is 0 Å². The van der Waals surface area contributed by atoms with Gasteiger partial charge in [-0.25, -0.2) is 0 Å². The summed E-state index contributed by atoms with van der Waals surface area (Å²) >= 11 is 0. The lowest BCUT2D eigenvalue weighted by Gasteiger charge is -2.39. The molecule has 4 rings (SSSR count). The molecule has 1 N–H and O–H groups in total. The number of carbonyl (C=O) groups is 2. The smallest absolute Gasteiger partial charge is 0.309 e. The molecule has 0 aliphatic carbocycles. The van der Waals surface area contributed by atoms with Crippen molar-refractivity contribution in [3.8, 4) is 0 Å². The highest BCUT2D eigenvalue weighted by Crippen LogP contribution is 2.25. The Morgan fingerprint density at radius 2 is 1.50 bits per heavy atom. The van der Waals surface area contributed by atoms with Gasteiger partial charge in [0.1, 0.15) is 0 Å². The first-order chi connectivity index (χ1) is 16.6. The summed E-state index contributed by atoms with van der Waals surface area (Å²) in [5, 5.41) is 3.18. The monoisotopic (exact) mass is 456 g/mol. The Kier molecular flexibility index (Phi) is 8.10. The molecule has 1 saturated heterocycles. The zero-order valence-electron chi connectivity index (χ0n) is 19.7. The van der Waals surface area contributed by atoms with Crippen LogP contribution < -0.4 is 5.32 Å². The molecule has 1 heterocycles. The number of nitrogens with one attached hydrogen (secondary N) is 1. The quantitative estimate of drug-likeness (QED) is 0.494. The third-order valence-corrected chi connectivity index (χ3v) is 6.33. The fourth-order valence-electron chi connectivity index (χ4n) is 4.49. The van der Waals surface area contributed by atoms with E-state index in [1.807, 2.05) is 67.6 Å². The fraction of sp³-hybridized carbons (Fsp3) is 0.310. The number of amides is 1. The zero-order valence-corrected chi connectivity index (χ0v) is 19.7. The number of likely N-dealkylation sites (tertiary alicyclic amines) is 1. The number of esters is 1. The summed E-state index contributed by atoms with van der Waals surface area (Å²) < 4.78 is 5.26. The number of nitrogens with zero attached hydrogens (tertiary/aromatic N) is 1. The van der Waals surface area contributed by atoms with Crippen molar-refractivity contribution in [2.45, 2.75) is 38.9 Å². The Morgan fingerprint density at radius 1 is 0.882 bits per heavy atom. The zero-order chi connectivity index (χ0) is 23.8. The van der Waals surface area contributed by atoms with Crippen LogP contribution in [0.3, 0.4) is 0 Å². The summed E-state index contributed by atoms with van der Waals surface area (Å²) in [6.45, 7) is 3.63. The average Bonchev–Trinajstić information content (AvgIpc) is 2.87. The number of hydrogen-bond donors (Lipinski definition) is 1. The van der Waals surface area contributed by atoms with E-state index in [2.05, 4.69) is 34.5 Å². The van der Waals surface area contributed by atoms with Gasteiger partial charge in [0.25, 0.3) is 5.91 Å². The van der Waals surface area contributed by atoms with Crippen LogP contribution in [0.15, 0.2) is 84.9 Å². The maximum Gasteiger partial charge on any atom is 0.309 e. The van der Waals surface area contributed by atoms with Gasteiger partial charge in [-0.15, -0.1) is 0 Å². The lowest BCUT2D eigenvalue weighted by atomic mass is 9.93. The molecule has 0 aromatic heterocycles. The van der Waals surface area contributed by atoms with Gasteiger partial charge < -0.3 is 10.1 Å². The molecule has 3 aromatic carbocycles. The van der Waals surface area contributed by atoms with E-state index in [1.54, 1.807) is 0 Å². The molecule has 0 radical (unpaired) electrons. The Labute approximate surface area is 201 Å². The molecule has 1 amide bonds. The van der Waals surface area contributed by atoms with Crippen molar-refractivity contribution in [1.29, 1.82) is 0 Å². The van der Waals surface area contributed by atoms with Crippen molar-refractivity contribution in [2.75, 3.05) is 13.2 Å². The normalized spacial score (nSPS) is 18.3.